The number of nitrogens with zero attached hydrogens (tertiary/aromatic N) is 6. The first kappa shape index (κ1) is 19.7. The van der Waals surface area contributed by atoms with E-state index in [0.29, 0.717) is 11.6 Å². The third-order valence-electron chi connectivity index (χ3n) is 5.36. The molecule has 1 aliphatic rings. The van der Waals surface area contributed by atoms with Crippen molar-refractivity contribution in [2.45, 2.75) is 39.8 Å². The van der Waals surface area contributed by atoms with E-state index >= 15 is 0 Å². The first-order valence-electron chi connectivity index (χ1n) is 10.1. The van der Waals surface area contributed by atoms with Crippen molar-refractivity contribution in [2.24, 2.45) is 4.99 Å². The number of halogens is 1. The Morgan fingerprint density at radius 2 is 1.86 bits per heavy atom. The number of hydrogen-bond donors (Lipinski definition) is 0. The van der Waals surface area contributed by atoms with Crippen LogP contribution in [-0.4, -0.2) is 43.4 Å². The maximum atomic E-state index is 6.75. The summed E-state index contributed by atoms with van der Waals surface area (Å²) in [6.45, 7) is 9.02. The van der Waals surface area contributed by atoms with Crippen LogP contribution in [0.2, 0.25) is 5.02 Å². The molecule has 3 heterocycles. The Morgan fingerprint density at radius 1 is 1.03 bits per heavy atom. The van der Waals surface area contributed by atoms with Gasteiger partial charge in [-0.05, 0) is 37.7 Å². The Balaban J connectivity index is 1.96. The van der Waals surface area contributed by atoms with E-state index in [4.69, 9.17) is 16.6 Å². The highest BCUT2D eigenvalue weighted by Crippen LogP contribution is 2.35. The van der Waals surface area contributed by atoms with Crippen LogP contribution in [-0.2, 0) is 6.54 Å². The van der Waals surface area contributed by atoms with Crippen LogP contribution in [0.5, 0.6) is 0 Å². The molecule has 1 aromatic carbocycles. The molecular weight excluding hydrogens is 384 g/mol. The molecule has 0 bridgehead atoms. The highest BCUT2D eigenvalue weighted by atomic mass is 35.5. The average molecular weight is 409 g/mol. The van der Waals surface area contributed by atoms with Crippen molar-refractivity contribution in [3.8, 4) is 5.69 Å². The summed E-state index contributed by atoms with van der Waals surface area (Å²) in [6.07, 6.45) is 2.60. The van der Waals surface area contributed by atoms with Crippen molar-refractivity contribution < 1.29 is 0 Å². The fourth-order valence-corrected chi connectivity index (χ4v) is 4.00. The maximum absolute atomic E-state index is 6.75. The molecule has 0 radical (unpaired) electrons. The van der Waals surface area contributed by atoms with Gasteiger partial charge in [-0.1, -0.05) is 50.6 Å². The monoisotopic (exact) mass is 408 g/mol. The summed E-state index contributed by atoms with van der Waals surface area (Å²) < 4.78 is 2.11. The fourth-order valence-electron chi connectivity index (χ4n) is 3.74. The summed E-state index contributed by atoms with van der Waals surface area (Å²) in [5.74, 6) is 1.71. The number of benzene rings is 1. The minimum Gasteiger partial charge on any atom is -0.296 e. The van der Waals surface area contributed by atoms with Gasteiger partial charge in [-0.3, -0.25) is 19.4 Å². The first-order valence-corrected chi connectivity index (χ1v) is 10.5. The van der Waals surface area contributed by atoms with E-state index in [2.05, 4.69) is 51.5 Å². The quantitative estimate of drug-likeness (QED) is 0.604. The molecule has 0 N–H and O–H groups in total. The van der Waals surface area contributed by atoms with Gasteiger partial charge in [-0.25, -0.2) is 0 Å². The number of rotatable bonds is 6. The van der Waals surface area contributed by atoms with Crippen LogP contribution < -0.4 is 0 Å². The largest absolute Gasteiger partial charge is 0.296 e. The summed E-state index contributed by atoms with van der Waals surface area (Å²) >= 11 is 6.75. The van der Waals surface area contributed by atoms with Crippen molar-refractivity contribution >= 4 is 17.3 Å². The molecule has 0 saturated carbocycles. The van der Waals surface area contributed by atoms with Crippen LogP contribution in [0.3, 0.4) is 0 Å². The molecule has 0 fully saturated rings. The predicted molar refractivity (Wildman–Crippen MR) is 116 cm³/mol. The Bertz CT molecular complexity index is 1020. The Morgan fingerprint density at radius 3 is 2.55 bits per heavy atom. The Labute approximate surface area is 176 Å². The van der Waals surface area contributed by atoms with E-state index < -0.39 is 0 Å². The van der Waals surface area contributed by atoms with Gasteiger partial charge in [0.05, 0.1) is 28.7 Å². The number of pyridine rings is 1. The molecule has 2 aromatic heterocycles. The molecule has 0 saturated heterocycles. The van der Waals surface area contributed by atoms with Gasteiger partial charge in [0.15, 0.2) is 11.6 Å². The molecule has 1 unspecified atom stereocenters. The lowest BCUT2D eigenvalue weighted by molar-refractivity contribution is 0.286. The summed E-state index contributed by atoms with van der Waals surface area (Å²) in [5.41, 5.74) is 3.51. The zero-order valence-electron chi connectivity index (χ0n) is 17.0. The first-order chi connectivity index (χ1) is 14.2. The van der Waals surface area contributed by atoms with Crippen molar-refractivity contribution in [1.82, 2.24) is 24.6 Å². The molecule has 0 aliphatic carbocycles. The van der Waals surface area contributed by atoms with Gasteiger partial charge < -0.3 is 0 Å². The lowest BCUT2D eigenvalue weighted by Gasteiger charge is -2.20. The minimum absolute atomic E-state index is 0.117. The van der Waals surface area contributed by atoms with Crippen LogP contribution in [0.1, 0.15) is 56.1 Å². The predicted octanol–water partition coefficient (Wildman–Crippen LogP) is 4.46. The van der Waals surface area contributed by atoms with Gasteiger partial charge in [0.2, 0.25) is 0 Å². The lowest BCUT2D eigenvalue weighted by Crippen LogP contribution is -2.24. The van der Waals surface area contributed by atoms with Crippen molar-refractivity contribution in [1.29, 1.82) is 0 Å². The van der Waals surface area contributed by atoms with E-state index in [-0.39, 0.29) is 6.04 Å². The van der Waals surface area contributed by atoms with Crippen molar-refractivity contribution in [3.05, 3.63) is 70.5 Å². The molecule has 29 heavy (non-hydrogen) atoms. The van der Waals surface area contributed by atoms with E-state index in [0.717, 1.165) is 53.8 Å². The molecule has 7 heteroatoms. The lowest BCUT2D eigenvalue weighted by atomic mass is 10.0. The Hall–Kier alpha value is -2.57. The average Bonchev–Trinajstić information content (AvgIpc) is 3.09. The normalized spacial score (nSPS) is 15.6. The van der Waals surface area contributed by atoms with Gasteiger partial charge in [0.1, 0.15) is 6.04 Å². The van der Waals surface area contributed by atoms with Gasteiger partial charge >= 0.3 is 0 Å². The molecule has 0 spiro atoms. The number of hydrogen-bond acceptors (Lipinski definition) is 5. The second-order valence-electron chi connectivity index (χ2n) is 7.02. The number of para-hydroxylation sites is 1. The summed E-state index contributed by atoms with van der Waals surface area (Å²) in [4.78, 5) is 12.0. The fraction of sp³-hybridized carbons (Fsp3) is 0.364. The Kier molecular flexibility index (Phi) is 5.74. The van der Waals surface area contributed by atoms with Crippen molar-refractivity contribution in [3.63, 3.8) is 0 Å². The summed E-state index contributed by atoms with van der Waals surface area (Å²) in [5, 5.41) is 9.75. The highest BCUT2D eigenvalue weighted by Gasteiger charge is 2.30. The second kappa shape index (κ2) is 8.43. The molecule has 3 aromatic rings. The SMILES string of the molecule is CCC1N=C(c2ccccn2)c2cccc(Cl)c2-n2c(CN(CC)CC)nnc21. The van der Waals surface area contributed by atoms with Gasteiger partial charge in [0.25, 0.3) is 0 Å². The standard InChI is InChI=1S/C22H25ClN6/c1-4-17-22-27-26-19(14-28(5-2)6-3)29(22)21-15(10-9-11-16(21)23)20(25-17)18-12-7-8-13-24-18/h7-13,17H,4-6,14H2,1-3H3. The van der Waals surface area contributed by atoms with Gasteiger partial charge in [-0.2, -0.15) is 0 Å². The molecule has 1 atom stereocenters. The molecular formula is C22H25ClN6. The van der Waals surface area contributed by atoms with E-state index in [1.54, 1.807) is 6.20 Å². The minimum atomic E-state index is -0.117. The van der Waals surface area contributed by atoms with E-state index in [9.17, 15) is 0 Å². The zero-order valence-corrected chi connectivity index (χ0v) is 17.8. The molecule has 150 valence electrons. The number of fused-ring (bicyclic) bond motifs is 3. The van der Waals surface area contributed by atoms with Crippen LogP contribution in [0.4, 0.5) is 0 Å². The summed E-state index contributed by atoms with van der Waals surface area (Å²) in [6, 6.07) is 11.7. The zero-order chi connectivity index (χ0) is 20.4. The number of aromatic nitrogens is 4. The maximum Gasteiger partial charge on any atom is 0.162 e. The molecule has 0 amide bonds. The van der Waals surface area contributed by atoms with Crippen LogP contribution in [0, 0.1) is 0 Å². The van der Waals surface area contributed by atoms with Crippen LogP contribution in [0.15, 0.2) is 47.6 Å². The van der Waals surface area contributed by atoms with E-state index in [1.165, 1.54) is 0 Å². The third kappa shape index (κ3) is 3.58. The molecule has 4 rings (SSSR count). The topological polar surface area (TPSA) is 59.2 Å². The van der Waals surface area contributed by atoms with Crippen LogP contribution in [0.25, 0.3) is 5.69 Å². The van der Waals surface area contributed by atoms with Crippen LogP contribution >= 0.6 is 11.6 Å². The summed E-state index contributed by atoms with van der Waals surface area (Å²) in [7, 11) is 0. The highest BCUT2D eigenvalue weighted by molar-refractivity contribution is 6.33. The van der Waals surface area contributed by atoms with E-state index in [1.807, 2.05) is 30.3 Å². The third-order valence-corrected chi connectivity index (χ3v) is 5.66. The van der Waals surface area contributed by atoms with Gasteiger partial charge in [0, 0.05) is 11.8 Å². The molecule has 6 nitrogen and oxygen atoms in total. The van der Waals surface area contributed by atoms with Crippen molar-refractivity contribution in [2.75, 3.05) is 13.1 Å². The smallest absolute Gasteiger partial charge is 0.162 e. The second-order valence-corrected chi connectivity index (χ2v) is 7.43. The number of aliphatic imine (C=N–C) groups is 1. The molecule has 1 aliphatic heterocycles. The van der Waals surface area contributed by atoms with Gasteiger partial charge in [-0.15, -0.1) is 10.2 Å².